The van der Waals surface area contributed by atoms with Crippen LogP contribution in [-0.4, -0.2) is 29.4 Å². The molecule has 0 aliphatic carbocycles. The Hall–Kier alpha value is -1.94. The van der Waals surface area contributed by atoms with Crippen molar-refractivity contribution < 1.29 is 9.32 Å². The molecule has 4 heteroatoms. The van der Waals surface area contributed by atoms with Crippen molar-refractivity contribution in [2.45, 2.75) is 19.4 Å². The van der Waals surface area contributed by atoms with Gasteiger partial charge in [0.15, 0.2) is 5.76 Å². The number of likely N-dealkylation sites (tertiary alicyclic amines) is 1. The number of hydrogen-bond acceptors (Lipinski definition) is 4. The maximum absolute atomic E-state index is 10.9. The molecule has 1 saturated heterocycles. The molecule has 0 radical (unpaired) electrons. The third-order valence-corrected chi connectivity index (χ3v) is 3.74. The molecule has 1 aromatic carbocycles. The molecule has 2 heterocycles. The van der Waals surface area contributed by atoms with E-state index in [2.05, 4.69) is 10.1 Å². The van der Waals surface area contributed by atoms with E-state index < -0.39 is 0 Å². The minimum Gasteiger partial charge on any atom is -0.356 e. The van der Waals surface area contributed by atoms with Crippen LogP contribution in [0.25, 0.3) is 11.3 Å². The Kier molecular flexibility index (Phi) is 3.92. The Labute approximate surface area is 118 Å². The summed E-state index contributed by atoms with van der Waals surface area (Å²) in [4.78, 5) is 13.2. The van der Waals surface area contributed by atoms with E-state index in [1.54, 1.807) is 0 Å². The van der Waals surface area contributed by atoms with Gasteiger partial charge in [0.05, 0.1) is 5.69 Å². The van der Waals surface area contributed by atoms with E-state index in [1.807, 2.05) is 36.4 Å². The third-order valence-electron chi connectivity index (χ3n) is 3.74. The van der Waals surface area contributed by atoms with Gasteiger partial charge in [0, 0.05) is 30.6 Å². The molecular weight excluding hydrogens is 252 g/mol. The van der Waals surface area contributed by atoms with Crippen molar-refractivity contribution >= 4 is 6.29 Å². The molecule has 1 aromatic heterocycles. The second-order valence-corrected chi connectivity index (χ2v) is 5.32. The van der Waals surface area contributed by atoms with Gasteiger partial charge < -0.3 is 9.32 Å². The molecule has 20 heavy (non-hydrogen) atoms. The van der Waals surface area contributed by atoms with Crippen molar-refractivity contribution in [1.29, 1.82) is 0 Å². The van der Waals surface area contributed by atoms with Crippen LogP contribution < -0.4 is 0 Å². The first kappa shape index (κ1) is 13.1. The van der Waals surface area contributed by atoms with Crippen LogP contribution >= 0.6 is 0 Å². The number of aromatic nitrogens is 1. The van der Waals surface area contributed by atoms with Crippen LogP contribution in [-0.2, 0) is 11.3 Å². The zero-order valence-electron chi connectivity index (χ0n) is 11.4. The van der Waals surface area contributed by atoms with Crippen LogP contribution in [0.3, 0.4) is 0 Å². The Bertz CT molecular complexity index is 565. The Balaban J connectivity index is 1.67. The van der Waals surface area contributed by atoms with E-state index in [0.29, 0.717) is 0 Å². The highest BCUT2D eigenvalue weighted by molar-refractivity contribution is 5.57. The number of hydrogen-bond donors (Lipinski definition) is 0. The Morgan fingerprint density at radius 1 is 1.35 bits per heavy atom. The summed E-state index contributed by atoms with van der Waals surface area (Å²) in [5.74, 6) is 0.966. The molecule has 0 amide bonds. The molecular formula is C16H18N2O2. The predicted octanol–water partition coefficient (Wildman–Crippen LogP) is 2.75. The highest BCUT2D eigenvalue weighted by atomic mass is 16.5. The molecule has 1 atom stereocenters. The minimum atomic E-state index is 0.171. The van der Waals surface area contributed by atoms with Gasteiger partial charge in [-0.1, -0.05) is 35.5 Å². The molecule has 1 aliphatic rings. The van der Waals surface area contributed by atoms with E-state index >= 15 is 0 Å². The summed E-state index contributed by atoms with van der Waals surface area (Å²) in [6.45, 7) is 2.61. The average molecular weight is 270 g/mol. The maximum atomic E-state index is 10.9. The van der Waals surface area contributed by atoms with Crippen molar-refractivity contribution in [3.05, 3.63) is 42.1 Å². The van der Waals surface area contributed by atoms with E-state index in [4.69, 9.17) is 4.52 Å². The van der Waals surface area contributed by atoms with Crippen molar-refractivity contribution in [3.63, 3.8) is 0 Å². The molecule has 1 unspecified atom stereocenters. The molecule has 0 bridgehead atoms. The molecule has 0 N–H and O–H groups in total. The second-order valence-electron chi connectivity index (χ2n) is 5.32. The average Bonchev–Trinajstić information content (AvgIpc) is 2.97. The molecule has 3 rings (SSSR count). The normalized spacial score (nSPS) is 19.9. The lowest BCUT2D eigenvalue weighted by Gasteiger charge is -2.29. The van der Waals surface area contributed by atoms with E-state index in [1.165, 1.54) is 0 Å². The largest absolute Gasteiger partial charge is 0.356 e. The summed E-state index contributed by atoms with van der Waals surface area (Å²) in [5.41, 5.74) is 1.96. The van der Waals surface area contributed by atoms with Gasteiger partial charge >= 0.3 is 0 Å². The van der Waals surface area contributed by atoms with Crippen molar-refractivity contribution in [3.8, 4) is 11.3 Å². The molecule has 0 saturated carbocycles. The van der Waals surface area contributed by atoms with Crippen molar-refractivity contribution in [2.24, 2.45) is 5.92 Å². The molecule has 4 nitrogen and oxygen atoms in total. The number of carbonyl (C=O) groups is 1. The monoisotopic (exact) mass is 270 g/mol. The number of rotatable bonds is 4. The molecule has 0 spiro atoms. The third kappa shape index (κ3) is 2.96. The van der Waals surface area contributed by atoms with Crippen LogP contribution in [0.15, 0.2) is 40.9 Å². The molecule has 2 aromatic rings. The summed E-state index contributed by atoms with van der Waals surface area (Å²) < 4.78 is 5.40. The second kappa shape index (κ2) is 6.01. The first-order valence-corrected chi connectivity index (χ1v) is 7.04. The summed E-state index contributed by atoms with van der Waals surface area (Å²) in [6, 6.07) is 11.9. The first-order chi connectivity index (χ1) is 9.85. The molecule has 1 aliphatic heterocycles. The predicted molar refractivity (Wildman–Crippen MR) is 76.0 cm³/mol. The van der Waals surface area contributed by atoms with Crippen molar-refractivity contribution in [1.82, 2.24) is 10.1 Å². The van der Waals surface area contributed by atoms with Crippen LogP contribution in [0.5, 0.6) is 0 Å². The molecule has 1 fully saturated rings. The zero-order valence-corrected chi connectivity index (χ0v) is 11.4. The van der Waals surface area contributed by atoms with Crippen LogP contribution in [0, 0.1) is 5.92 Å². The lowest BCUT2D eigenvalue weighted by Crippen LogP contribution is -2.35. The van der Waals surface area contributed by atoms with E-state index in [0.717, 1.165) is 55.8 Å². The fourth-order valence-electron chi connectivity index (χ4n) is 2.70. The van der Waals surface area contributed by atoms with Crippen LogP contribution in [0.4, 0.5) is 0 Å². The van der Waals surface area contributed by atoms with Crippen LogP contribution in [0.2, 0.25) is 0 Å². The zero-order chi connectivity index (χ0) is 13.8. The van der Waals surface area contributed by atoms with E-state index in [-0.39, 0.29) is 5.92 Å². The van der Waals surface area contributed by atoms with Gasteiger partial charge in [-0.25, -0.2) is 0 Å². The standard InChI is InChI=1S/C16H18N2O2/c19-12-13-5-4-8-18(10-13)11-15-9-16(20-17-15)14-6-2-1-3-7-14/h1-3,6-7,9,12-13H,4-5,8,10-11H2. The number of benzene rings is 1. The number of carbonyl (C=O) groups excluding carboxylic acids is 1. The lowest BCUT2D eigenvalue weighted by atomic mass is 9.99. The van der Waals surface area contributed by atoms with Gasteiger partial charge in [0.1, 0.15) is 6.29 Å². The number of piperidine rings is 1. The SMILES string of the molecule is O=CC1CCCN(Cc2cc(-c3ccccc3)on2)C1. The van der Waals surface area contributed by atoms with E-state index in [9.17, 15) is 4.79 Å². The van der Waals surface area contributed by atoms with Gasteiger partial charge in [-0.15, -0.1) is 0 Å². The van der Waals surface area contributed by atoms with Gasteiger partial charge in [0.25, 0.3) is 0 Å². The maximum Gasteiger partial charge on any atom is 0.167 e. The Morgan fingerprint density at radius 2 is 2.20 bits per heavy atom. The number of aldehydes is 1. The smallest absolute Gasteiger partial charge is 0.167 e. The lowest BCUT2D eigenvalue weighted by molar-refractivity contribution is -0.112. The highest BCUT2D eigenvalue weighted by Crippen LogP contribution is 2.22. The topological polar surface area (TPSA) is 46.3 Å². The van der Waals surface area contributed by atoms with Gasteiger partial charge in [-0.2, -0.15) is 0 Å². The number of nitrogens with zero attached hydrogens (tertiary/aromatic N) is 2. The summed E-state index contributed by atoms with van der Waals surface area (Å²) >= 11 is 0. The van der Waals surface area contributed by atoms with Crippen LogP contribution in [0.1, 0.15) is 18.5 Å². The highest BCUT2D eigenvalue weighted by Gasteiger charge is 2.20. The fourth-order valence-corrected chi connectivity index (χ4v) is 2.70. The summed E-state index contributed by atoms with van der Waals surface area (Å²) in [6.07, 6.45) is 3.16. The summed E-state index contributed by atoms with van der Waals surface area (Å²) in [5, 5.41) is 4.13. The van der Waals surface area contributed by atoms with Crippen molar-refractivity contribution in [2.75, 3.05) is 13.1 Å². The molecule has 104 valence electrons. The van der Waals surface area contributed by atoms with Gasteiger partial charge in [-0.05, 0) is 19.4 Å². The quantitative estimate of drug-likeness (QED) is 0.801. The Morgan fingerprint density at radius 3 is 3.00 bits per heavy atom. The fraction of sp³-hybridized carbons (Fsp3) is 0.375. The first-order valence-electron chi connectivity index (χ1n) is 7.04. The van der Waals surface area contributed by atoms with Gasteiger partial charge in [0.2, 0.25) is 0 Å². The van der Waals surface area contributed by atoms with Gasteiger partial charge in [-0.3, -0.25) is 4.90 Å². The summed E-state index contributed by atoms with van der Waals surface area (Å²) in [7, 11) is 0. The minimum absolute atomic E-state index is 0.171.